The van der Waals surface area contributed by atoms with Gasteiger partial charge in [0.05, 0.1) is 10.6 Å². The Morgan fingerprint density at radius 2 is 2.15 bits per heavy atom. The van der Waals surface area contributed by atoms with Crippen molar-refractivity contribution >= 4 is 17.5 Å². The van der Waals surface area contributed by atoms with Gasteiger partial charge < -0.3 is 5.73 Å². The van der Waals surface area contributed by atoms with Crippen LogP contribution in [0, 0.1) is 0 Å². The number of nitrogens with two attached hydrogens (primary N) is 1. The van der Waals surface area contributed by atoms with Crippen LogP contribution in [0.1, 0.15) is 20.3 Å². The summed E-state index contributed by atoms with van der Waals surface area (Å²) in [5.74, 6) is -0.457. The van der Waals surface area contributed by atoms with E-state index in [2.05, 4.69) is 0 Å². The highest BCUT2D eigenvalue weighted by atomic mass is 35.5. The van der Waals surface area contributed by atoms with Gasteiger partial charge >= 0.3 is 0 Å². The number of hydrogen-bond acceptors (Lipinski definition) is 1. The van der Waals surface area contributed by atoms with E-state index in [9.17, 15) is 4.79 Å². The first-order valence-corrected chi connectivity index (χ1v) is 4.44. The van der Waals surface area contributed by atoms with Crippen molar-refractivity contribution in [1.29, 1.82) is 0 Å². The molecule has 0 saturated carbocycles. The molecule has 2 N–H and O–H groups in total. The van der Waals surface area contributed by atoms with Gasteiger partial charge in [-0.25, -0.2) is 0 Å². The van der Waals surface area contributed by atoms with Gasteiger partial charge in [0.25, 0.3) is 0 Å². The van der Waals surface area contributed by atoms with Gasteiger partial charge in [-0.05, 0) is 26.3 Å². The molecule has 0 heterocycles. The van der Waals surface area contributed by atoms with Crippen molar-refractivity contribution < 1.29 is 4.79 Å². The van der Waals surface area contributed by atoms with E-state index in [-0.39, 0.29) is 0 Å². The number of allylic oxidation sites excluding steroid dienone is 4. The summed E-state index contributed by atoms with van der Waals surface area (Å²) in [4.78, 5) is 11.1. The van der Waals surface area contributed by atoms with Crippen molar-refractivity contribution in [3.63, 3.8) is 0 Å². The van der Waals surface area contributed by atoms with Crippen LogP contribution in [0.15, 0.2) is 33.9 Å². The van der Waals surface area contributed by atoms with Crippen LogP contribution in [0.3, 0.4) is 0 Å². The van der Waals surface area contributed by atoms with Gasteiger partial charge in [-0.1, -0.05) is 28.8 Å². The molecular weight excluding hydrogens is 186 g/mol. The Kier molecular flexibility index (Phi) is 2.94. The zero-order valence-corrected chi connectivity index (χ0v) is 8.48. The van der Waals surface area contributed by atoms with Crippen LogP contribution >= 0.6 is 11.6 Å². The molecule has 3 heteroatoms. The lowest BCUT2D eigenvalue weighted by Crippen LogP contribution is -2.15. The fourth-order valence-corrected chi connectivity index (χ4v) is 1.71. The molecule has 1 aliphatic rings. The SMILES string of the molecule is CC1=CCC(C)=C(C(N)=O)C(Cl)=C1. The molecule has 1 aliphatic carbocycles. The molecule has 2 nitrogen and oxygen atoms in total. The highest BCUT2D eigenvalue weighted by Crippen LogP contribution is 2.25. The first-order valence-electron chi connectivity index (χ1n) is 4.06. The second-order valence-corrected chi connectivity index (χ2v) is 3.57. The van der Waals surface area contributed by atoms with Gasteiger partial charge in [0.1, 0.15) is 0 Å². The summed E-state index contributed by atoms with van der Waals surface area (Å²) in [6, 6.07) is 0. The van der Waals surface area contributed by atoms with E-state index in [0.717, 1.165) is 17.6 Å². The summed E-state index contributed by atoms with van der Waals surface area (Å²) >= 11 is 5.93. The number of hydrogen-bond donors (Lipinski definition) is 1. The van der Waals surface area contributed by atoms with Crippen molar-refractivity contribution in [3.8, 4) is 0 Å². The van der Waals surface area contributed by atoms with Crippen LogP contribution < -0.4 is 5.73 Å². The molecule has 0 atom stereocenters. The number of carbonyl (C=O) groups is 1. The van der Waals surface area contributed by atoms with Crippen LogP contribution in [0.2, 0.25) is 0 Å². The predicted octanol–water partition coefficient (Wildman–Crippen LogP) is 2.26. The normalized spacial score (nSPS) is 17.8. The van der Waals surface area contributed by atoms with Gasteiger partial charge in [-0.2, -0.15) is 0 Å². The summed E-state index contributed by atoms with van der Waals surface area (Å²) in [6.45, 7) is 3.81. The molecular formula is C10H12ClNO. The number of halogens is 1. The maximum atomic E-state index is 11.1. The van der Waals surface area contributed by atoms with Crippen molar-refractivity contribution in [1.82, 2.24) is 0 Å². The minimum atomic E-state index is -0.457. The van der Waals surface area contributed by atoms with Crippen LogP contribution in [0.5, 0.6) is 0 Å². The first-order chi connectivity index (χ1) is 6.02. The minimum Gasteiger partial charge on any atom is -0.366 e. The lowest BCUT2D eigenvalue weighted by Gasteiger charge is -2.03. The molecule has 0 aromatic carbocycles. The highest BCUT2D eigenvalue weighted by Gasteiger charge is 2.14. The van der Waals surface area contributed by atoms with E-state index in [0.29, 0.717) is 10.6 Å². The lowest BCUT2D eigenvalue weighted by molar-refractivity contribution is -0.114. The second kappa shape index (κ2) is 3.79. The minimum absolute atomic E-state index is 0.441. The molecule has 13 heavy (non-hydrogen) atoms. The van der Waals surface area contributed by atoms with Crippen molar-refractivity contribution in [2.45, 2.75) is 20.3 Å². The Morgan fingerprint density at radius 3 is 2.69 bits per heavy atom. The van der Waals surface area contributed by atoms with Crippen LogP contribution in [0.25, 0.3) is 0 Å². The number of rotatable bonds is 1. The zero-order valence-electron chi connectivity index (χ0n) is 7.73. The van der Waals surface area contributed by atoms with E-state index in [1.807, 2.05) is 19.9 Å². The Bertz CT molecular complexity index is 337. The molecule has 0 aromatic heterocycles. The molecule has 1 amide bonds. The second-order valence-electron chi connectivity index (χ2n) is 3.16. The highest BCUT2D eigenvalue weighted by molar-refractivity contribution is 6.35. The molecule has 0 radical (unpaired) electrons. The lowest BCUT2D eigenvalue weighted by atomic mass is 10.1. The van der Waals surface area contributed by atoms with Gasteiger partial charge in [0.2, 0.25) is 5.91 Å². The standard InChI is InChI=1S/C10H12ClNO/c1-6-3-4-7(2)9(10(12)13)8(11)5-6/h3,5H,4H2,1-2H3,(H2,12,13). The maximum Gasteiger partial charge on any atom is 0.250 e. The summed E-state index contributed by atoms with van der Waals surface area (Å²) in [5.41, 5.74) is 7.65. The quantitative estimate of drug-likeness (QED) is 0.689. The van der Waals surface area contributed by atoms with Crippen molar-refractivity contribution in [3.05, 3.63) is 33.9 Å². The fraction of sp³-hybridized carbons (Fsp3) is 0.300. The Morgan fingerprint density at radius 1 is 1.54 bits per heavy atom. The summed E-state index contributed by atoms with van der Waals surface area (Å²) in [7, 11) is 0. The Balaban J connectivity index is 3.19. The smallest absolute Gasteiger partial charge is 0.250 e. The third-order valence-corrected chi connectivity index (χ3v) is 2.29. The summed E-state index contributed by atoms with van der Waals surface area (Å²) in [5, 5.41) is 0.441. The number of carbonyl (C=O) groups excluding carboxylic acids is 1. The summed E-state index contributed by atoms with van der Waals surface area (Å²) in [6.07, 6.45) is 4.52. The third kappa shape index (κ3) is 2.22. The molecule has 0 saturated heterocycles. The first kappa shape index (κ1) is 10.1. The van der Waals surface area contributed by atoms with E-state index in [4.69, 9.17) is 17.3 Å². The van der Waals surface area contributed by atoms with E-state index < -0.39 is 5.91 Å². The van der Waals surface area contributed by atoms with Crippen LogP contribution in [-0.4, -0.2) is 5.91 Å². The predicted molar refractivity (Wildman–Crippen MR) is 54.2 cm³/mol. The number of amides is 1. The Hall–Kier alpha value is -1.02. The molecule has 70 valence electrons. The largest absolute Gasteiger partial charge is 0.366 e. The topological polar surface area (TPSA) is 43.1 Å². The van der Waals surface area contributed by atoms with E-state index in [1.165, 1.54) is 0 Å². The third-order valence-electron chi connectivity index (χ3n) is 2.00. The molecule has 0 bridgehead atoms. The molecule has 0 aromatic rings. The molecule has 0 spiro atoms. The Labute approximate surface area is 82.8 Å². The van der Waals surface area contributed by atoms with Gasteiger partial charge in [-0.15, -0.1) is 0 Å². The van der Waals surface area contributed by atoms with Crippen LogP contribution in [-0.2, 0) is 4.79 Å². The molecule has 0 aliphatic heterocycles. The van der Waals surface area contributed by atoms with Crippen molar-refractivity contribution in [2.24, 2.45) is 5.73 Å². The molecule has 0 fully saturated rings. The molecule has 1 rings (SSSR count). The van der Waals surface area contributed by atoms with E-state index in [1.54, 1.807) is 6.08 Å². The monoisotopic (exact) mass is 197 g/mol. The van der Waals surface area contributed by atoms with Gasteiger partial charge in [-0.3, -0.25) is 4.79 Å². The van der Waals surface area contributed by atoms with E-state index >= 15 is 0 Å². The average molecular weight is 198 g/mol. The average Bonchev–Trinajstić information content (AvgIpc) is 2.10. The fourth-order valence-electron chi connectivity index (χ4n) is 1.28. The van der Waals surface area contributed by atoms with Gasteiger partial charge in [0, 0.05) is 0 Å². The van der Waals surface area contributed by atoms with Crippen LogP contribution in [0.4, 0.5) is 0 Å². The van der Waals surface area contributed by atoms with Gasteiger partial charge in [0.15, 0.2) is 0 Å². The number of primary amides is 1. The zero-order chi connectivity index (χ0) is 10.0. The molecule has 0 unspecified atom stereocenters. The maximum absolute atomic E-state index is 11.1. The summed E-state index contributed by atoms with van der Waals surface area (Å²) < 4.78 is 0. The van der Waals surface area contributed by atoms with Crippen molar-refractivity contribution in [2.75, 3.05) is 0 Å².